The zero-order valence-corrected chi connectivity index (χ0v) is 8.56. The van der Waals surface area contributed by atoms with Crippen LogP contribution in [0.3, 0.4) is 0 Å². The molecule has 1 unspecified atom stereocenters. The summed E-state index contributed by atoms with van der Waals surface area (Å²) < 4.78 is 4.91. The lowest BCUT2D eigenvalue weighted by atomic mass is 10.2. The number of rotatable bonds is 5. The number of hydrogen-bond acceptors (Lipinski definition) is 3. The Morgan fingerprint density at radius 3 is 2.07 bits per heavy atom. The summed E-state index contributed by atoms with van der Waals surface area (Å²) in [6, 6.07) is 0. The van der Waals surface area contributed by atoms with E-state index in [-0.39, 0.29) is 6.42 Å². The molecular formula is C8H16NO5+. The molecule has 1 atom stereocenters. The van der Waals surface area contributed by atoms with E-state index in [9.17, 15) is 9.59 Å². The minimum absolute atomic E-state index is 0.304. The van der Waals surface area contributed by atoms with E-state index in [4.69, 9.17) is 10.2 Å². The van der Waals surface area contributed by atoms with E-state index in [2.05, 4.69) is 4.74 Å². The maximum absolute atomic E-state index is 10.4. The molecule has 6 heteroatoms. The van der Waals surface area contributed by atoms with E-state index in [1.165, 1.54) is 0 Å². The second-order valence-corrected chi connectivity index (χ2v) is 4.08. The molecule has 6 nitrogen and oxygen atoms in total. The van der Waals surface area contributed by atoms with E-state index in [1.807, 2.05) is 21.1 Å². The van der Waals surface area contributed by atoms with Crippen molar-refractivity contribution < 1.29 is 29.0 Å². The van der Waals surface area contributed by atoms with Gasteiger partial charge in [-0.15, -0.1) is 0 Å². The van der Waals surface area contributed by atoms with Crippen LogP contribution in [0, 0.1) is 0 Å². The van der Waals surface area contributed by atoms with Gasteiger partial charge in [0.05, 0.1) is 27.6 Å². The molecule has 0 aliphatic carbocycles. The Labute approximate surface area is 82.3 Å². The molecule has 0 bridgehead atoms. The Morgan fingerprint density at radius 1 is 1.29 bits per heavy atom. The summed E-state index contributed by atoms with van der Waals surface area (Å²) in [5.41, 5.74) is 0. The van der Waals surface area contributed by atoms with Gasteiger partial charge in [-0.05, 0) is 0 Å². The maximum atomic E-state index is 10.4. The van der Waals surface area contributed by atoms with Crippen molar-refractivity contribution in [3.8, 4) is 0 Å². The van der Waals surface area contributed by atoms with Crippen molar-refractivity contribution in [2.24, 2.45) is 0 Å². The van der Waals surface area contributed by atoms with Crippen molar-refractivity contribution in [1.82, 2.24) is 0 Å². The third kappa shape index (κ3) is 7.35. The highest BCUT2D eigenvalue weighted by Crippen LogP contribution is 2.04. The number of aliphatic carboxylic acids is 1. The standard InChI is InChI=1S/C8H15NO5/c1-9(2,3)5-6(4-7(10)11)14-8(12)13/h6H,4-5H2,1-3H3,(H-,10,11,12,13)/p+1. The first-order valence-electron chi connectivity index (χ1n) is 4.12. The molecule has 14 heavy (non-hydrogen) atoms. The first-order chi connectivity index (χ1) is 6.20. The molecular weight excluding hydrogens is 190 g/mol. The zero-order chi connectivity index (χ0) is 11.4. The summed E-state index contributed by atoms with van der Waals surface area (Å²) in [6.45, 7) is 0.332. The molecule has 0 rings (SSSR count). The number of ether oxygens (including phenoxy) is 1. The van der Waals surface area contributed by atoms with Crippen LogP contribution in [-0.4, -0.2) is 60.6 Å². The third-order valence-electron chi connectivity index (χ3n) is 1.42. The number of quaternary nitrogens is 1. The number of likely N-dealkylation sites (N-methyl/N-ethyl adjacent to an activating group) is 1. The Bertz CT molecular complexity index is 204. The molecule has 0 aliphatic rings. The molecule has 0 saturated heterocycles. The second-order valence-electron chi connectivity index (χ2n) is 4.08. The first kappa shape index (κ1) is 12.7. The molecule has 0 aromatic rings. The molecule has 0 aromatic carbocycles. The summed E-state index contributed by atoms with van der Waals surface area (Å²) in [7, 11) is 5.50. The van der Waals surface area contributed by atoms with Gasteiger partial charge in [-0.2, -0.15) is 0 Å². The van der Waals surface area contributed by atoms with Crippen LogP contribution >= 0.6 is 0 Å². The van der Waals surface area contributed by atoms with Crippen LogP contribution < -0.4 is 0 Å². The summed E-state index contributed by atoms with van der Waals surface area (Å²) >= 11 is 0. The number of carboxylic acid groups (broad SMARTS) is 2. The Balaban J connectivity index is 4.24. The van der Waals surface area contributed by atoms with Gasteiger partial charge in [-0.25, -0.2) is 4.79 Å². The zero-order valence-electron chi connectivity index (χ0n) is 8.56. The summed E-state index contributed by atoms with van der Waals surface area (Å²) in [4.78, 5) is 20.7. The highest BCUT2D eigenvalue weighted by molar-refractivity contribution is 5.68. The van der Waals surface area contributed by atoms with Crippen LogP contribution in [0.2, 0.25) is 0 Å². The van der Waals surface area contributed by atoms with Crippen LogP contribution in [0.5, 0.6) is 0 Å². The second kappa shape index (κ2) is 4.80. The summed E-state index contributed by atoms with van der Waals surface area (Å²) in [5, 5.41) is 16.9. The van der Waals surface area contributed by atoms with Crippen molar-refractivity contribution in [3.63, 3.8) is 0 Å². The van der Waals surface area contributed by atoms with Crippen molar-refractivity contribution in [2.45, 2.75) is 12.5 Å². The average Bonchev–Trinajstić information content (AvgIpc) is 1.77. The van der Waals surface area contributed by atoms with Crippen LogP contribution in [0.1, 0.15) is 6.42 Å². The lowest BCUT2D eigenvalue weighted by Gasteiger charge is -2.27. The number of nitrogens with zero attached hydrogens (tertiary/aromatic N) is 1. The highest BCUT2D eigenvalue weighted by atomic mass is 16.7. The van der Waals surface area contributed by atoms with Crippen LogP contribution in [0.15, 0.2) is 0 Å². The molecule has 2 N–H and O–H groups in total. The fraction of sp³-hybridized carbons (Fsp3) is 0.750. The molecule has 0 aromatic heterocycles. The SMILES string of the molecule is C[N+](C)(C)CC(CC(=O)O)OC(=O)O. The van der Waals surface area contributed by atoms with Crippen molar-refractivity contribution in [3.05, 3.63) is 0 Å². The summed E-state index contributed by atoms with van der Waals surface area (Å²) in [5.74, 6) is -1.07. The molecule has 0 spiro atoms. The monoisotopic (exact) mass is 206 g/mol. The molecule has 0 radical (unpaired) electrons. The van der Waals surface area contributed by atoms with Crippen LogP contribution in [0.25, 0.3) is 0 Å². The fourth-order valence-corrected chi connectivity index (χ4v) is 1.09. The van der Waals surface area contributed by atoms with Gasteiger partial charge in [0.1, 0.15) is 6.54 Å². The largest absolute Gasteiger partial charge is 0.506 e. The lowest BCUT2D eigenvalue weighted by Crippen LogP contribution is -2.43. The Hall–Kier alpha value is -1.30. The predicted octanol–water partition coefficient (Wildman–Crippen LogP) is 0.230. The summed E-state index contributed by atoms with van der Waals surface area (Å²) in [6.07, 6.45) is -2.54. The topological polar surface area (TPSA) is 83.8 Å². The van der Waals surface area contributed by atoms with Gasteiger partial charge >= 0.3 is 12.1 Å². The smallest absolute Gasteiger partial charge is 0.481 e. The van der Waals surface area contributed by atoms with Gasteiger partial charge in [-0.1, -0.05) is 0 Å². The van der Waals surface area contributed by atoms with Crippen molar-refractivity contribution in [1.29, 1.82) is 0 Å². The van der Waals surface area contributed by atoms with Gasteiger partial charge in [0.2, 0.25) is 0 Å². The molecule has 0 aliphatic heterocycles. The highest BCUT2D eigenvalue weighted by Gasteiger charge is 2.24. The van der Waals surface area contributed by atoms with Crippen molar-refractivity contribution >= 4 is 12.1 Å². The van der Waals surface area contributed by atoms with Gasteiger partial charge in [0.25, 0.3) is 0 Å². The Morgan fingerprint density at radius 2 is 1.79 bits per heavy atom. The van der Waals surface area contributed by atoms with Crippen molar-refractivity contribution in [2.75, 3.05) is 27.7 Å². The van der Waals surface area contributed by atoms with E-state index in [0.29, 0.717) is 11.0 Å². The van der Waals surface area contributed by atoms with Gasteiger partial charge < -0.3 is 19.4 Å². The molecule has 82 valence electrons. The fourth-order valence-electron chi connectivity index (χ4n) is 1.09. The number of carbonyl (C=O) groups is 2. The molecule has 0 fully saturated rings. The average molecular weight is 206 g/mol. The lowest BCUT2D eigenvalue weighted by molar-refractivity contribution is -0.873. The van der Waals surface area contributed by atoms with Gasteiger partial charge in [0, 0.05) is 0 Å². The van der Waals surface area contributed by atoms with E-state index >= 15 is 0 Å². The van der Waals surface area contributed by atoms with Gasteiger partial charge in [-0.3, -0.25) is 4.79 Å². The van der Waals surface area contributed by atoms with Gasteiger partial charge in [0.15, 0.2) is 6.10 Å². The predicted molar refractivity (Wildman–Crippen MR) is 48.1 cm³/mol. The normalized spacial score (nSPS) is 13.4. The molecule has 0 heterocycles. The molecule has 0 amide bonds. The minimum Gasteiger partial charge on any atom is -0.481 e. The quantitative estimate of drug-likeness (QED) is 0.497. The third-order valence-corrected chi connectivity index (χ3v) is 1.42. The van der Waals surface area contributed by atoms with E-state index in [0.717, 1.165) is 0 Å². The van der Waals surface area contributed by atoms with Crippen LogP contribution in [-0.2, 0) is 9.53 Å². The van der Waals surface area contributed by atoms with Crippen LogP contribution in [0.4, 0.5) is 4.79 Å². The van der Waals surface area contributed by atoms with E-state index < -0.39 is 18.2 Å². The van der Waals surface area contributed by atoms with E-state index in [1.54, 1.807) is 0 Å². The first-order valence-corrected chi connectivity index (χ1v) is 4.12. The molecule has 0 saturated carbocycles. The minimum atomic E-state index is -1.44. The number of hydrogen-bond donors (Lipinski definition) is 2. The number of carboxylic acids is 1. The maximum Gasteiger partial charge on any atom is 0.506 e. The Kier molecular flexibility index (Phi) is 4.36.